The van der Waals surface area contributed by atoms with Crippen molar-refractivity contribution in [1.82, 2.24) is 58.6 Å². The Morgan fingerprint density at radius 2 is 1.14 bits per heavy atom. The van der Waals surface area contributed by atoms with Gasteiger partial charge in [-0.15, -0.1) is 0 Å². The van der Waals surface area contributed by atoms with E-state index in [0.29, 0.717) is 97.3 Å². The van der Waals surface area contributed by atoms with Crippen LogP contribution < -0.4 is 22.1 Å². The van der Waals surface area contributed by atoms with Gasteiger partial charge in [0.05, 0.1) is 28.4 Å². The number of carbonyl (C=O) groups is 4. The molecule has 0 bridgehead atoms. The zero-order valence-corrected chi connectivity index (χ0v) is 48.8. The molecular weight excluding hydrogens is 1130 g/mol. The average molecular weight is 1190 g/mol. The fraction of sp³-hybridized carbons (Fsp3) is 0.328. The van der Waals surface area contributed by atoms with Crippen LogP contribution in [0.4, 0.5) is 36.4 Å². The van der Waals surface area contributed by atoms with E-state index in [1.807, 2.05) is 47.9 Å². The number of hydrogen-bond donors (Lipinski definition) is 4. The number of nitrogens with one attached hydrogen (secondary N) is 2. The highest BCUT2D eigenvalue weighted by Gasteiger charge is 2.35. The molecule has 2 atom stereocenters. The minimum absolute atomic E-state index is 0.00313. The minimum atomic E-state index is -4.59. The van der Waals surface area contributed by atoms with E-state index in [4.69, 9.17) is 11.5 Å². The lowest BCUT2D eigenvalue weighted by Crippen LogP contribution is -2.29. The second-order valence-electron chi connectivity index (χ2n) is 22.8. The van der Waals surface area contributed by atoms with E-state index >= 15 is 0 Å². The molecular formula is C64H65F3N17O4+. The molecule has 4 fully saturated rings. The van der Waals surface area contributed by atoms with Crippen LogP contribution in [0.1, 0.15) is 93.8 Å². The van der Waals surface area contributed by atoms with E-state index in [2.05, 4.69) is 77.4 Å². The molecule has 0 unspecified atom stereocenters. The lowest BCUT2D eigenvalue weighted by molar-refractivity contribution is -0.137. The molecule has 12 rings (SSSR count). The number of halogens is 3. The van der Waals surface area contributed by atoms with Gasteiger partial charge in [0.2, 0.25) is 11.8 Å². The summed E-state index contributed by atoms with van der Waals surface area (Å²) in [4.78, 5) is 92.6. The number of aromatic nitrogens is 8. The van der Waals surface area contributed by atoms with Gasteiger partial charge in [0.1, 0.15) is 52.8 Å². The maximum atomic E-state index is 13.7. The standard InChI is InChI=1S/C64H64F3N17O4/c1-38-54(56-58(68)73-35-75-60(56)83(38)48-22-28-80(33-48)52(85)6-4-26-79(3)46-16-17-46)41-8-12-43(13-9-41)62(87)77-50-30-40(20-24-71-50)32-70-37-82(47-18-19-47)27-5-7-53(86)81-29-23-49(34-81)84-39(2)55(57-59(69)74-36-76-61(57)84)42-10-14-44(15-11-42)63(88)78-51-31-45(21-25-72-51)64(65,66)67/h4-15,20-21,24-25,30-31,35-36,46-49H,16-19,22-23,26-29,33-34,37H2,1-3H3,(H5-,68,69,71,72,73,74,75,76,77,78,87,88)/p+1/b6-4+,7-5+/t48-,49-/m1/s1. The summed E-state index contributed by atoms with van der Waals surface area (Å²) in [5.74, 6) is -0.375. The van der Waals surface area contributed by atoms with Crippen molar-refractivity contribution >= 4 is 69.0 Å². The average Bonchev–Trinajstić information content (AvgIpc) is 1.82. The van der Waals surface area contributed by atoms with Crippen LogP contribution in [-0.4, -0.2) is 147 Å². The van der Waals surface area contributed by atoms with Crippen molar-refractivity contribution in [2.45, 2.75) is 82.7 Å². The Hall–Kier alpha value is -9.86. The largest absolute Gasteiger partial charge is 0.416 e. The van der Waals surface area contributed by atoms with Gasteiger partial charge in [-0.2, -0.15) is 13.2 Å². The molecule has 88 heavy (non-hydrogen) atoms. The second-order valence-corrected chi connectivity index (χ2v) is 22.8. The number of amides is 4. The number of hydrogen-bond acceptors (Lipinski definition) is 14. The monoisotopic (exact) mass is 1190 g/mol. The Morgan fingerprint density at radius 1 is 0.648 bits per heavy atom. The summed E-state index contributed by atoms with van der Waals surface area (Å²) in [7, 11) is 2.09. The molecule has 0 spiro atoms. The van der Waals surface area contributed by atoms with Crippen LogP contribution in [-0.2, 0) is 15.8 Å². The van der Waals surface area contributed by atoms with Gasteiger partial charge < -0.3 is 41.0 Å². The lowest BCUT2D eigenvalue weighted by atomic mass is 10.0. The molecule has 2 aromatic carbocycles. The van der Waals surface area contributed by atoms with Crippen molar-refractivity contribution in [3.63, 3.8) is 0 Å². The predicted molar refractivity (Wildman–Crippen MR) is 329 cm³/mol. The maximum Gasteiger partial charge on any atom is 0.416 e. The molecule has 4 aliphatic rings. The first kappa shape index (κ1) is 58.5. The van der Waals surface area contributed by atoms with Crippen LogP contribution >= 0.6 is 0 Å². The summed E-state index contributed by atoms with van der Waals surface area (Å²) in [6.45, 7) is 7.68. The Labute approximate surface area is 504 Å². The quantitative estimate of drug-likeness (QED) is 0.0621. The SMILES string of the molecule is Cc1c(-c2ccc(C(=O)Nc3cc(C#[N+]CN(C/C=C/C(=O)N4CC[C@@H](n5c(C)c(-c6ccc(C(=O)Nc7cc(C(F)(F)F)ccn7)cc6)c6c(N)ncnc65)C4)C4CC4)ccn3)cc2)c2c(N)ncnc2n1[C@@H]1CCN(C(=O)/C=C/CN(C)C2CC2)C1. The summed E-state index contributed by atoms with van der Waals surface area (Å²) in [6, 6.07) is 22.9. The van der Waals surface area contributed by atoms with Gasteiger partial charge in [0.15, 0.2) is 0 Å². The van der Waals surface area contributed by atoms with E-state index in [-0.39, 0.29) is 47.0 Å². The smallest absolute Gasteiger partial charge is 0.383 e. The van der Waals surface area contributed by atoms with Gasteiger partial charge >= 0.3 is 18.9 Å². The molecule has 8 heterocycles. The van der Waals surface area contributed by atoms with Gasteiger partial charge in [-0.3, -0.25) is 24.1 Å². The normalized spacial score (nSPS) is 17.0. The second kappa shape index (κ2) is 24.5. The van der Waals surface area contributed by atoms with Gasteiger partial charge in [-0.05, 0) is 113 Å². The van der Waals surface area contributed by atoms with Crippen LogP contribution in [0.25, 0.3) is 49.2 Å². The van der Waals surface area contributed by atoms with Crippen molar-refractivity contribution in [2.75, 3.05) is 75.1 Å². The number of nitrogens with two attached hydrogens (primary N) is 2. The van der Waals surface area contributed by atoms with Gasteiger partial charge in [-0.25, -0.2) is 34.8 Å². The number of rotatable bonds is 17. The first-order valence-electron chi connectivity index (χ1n) is 29.3. The summed E-state index contributed by atoms with van der Waals surface area (Å²) < 4.78 is 44.1. The van der Waals surface area contributed by atoms with Crippen LogP contribution in [0.2, 0.25) is 0 Å². The van der Waals surface area contributed by atoms with Gasteiger partial charge in [0, 0.05) is 116 Å². The van der Waals surface area contributed by atoms with Crippen molar-refractivity contribution in [1.29, 1.82) is 0 Å². The Morgan fingerprint density at radius 3 is 1.64 bits per heavy atom. The number of carbonyl (C=O) groups excluding carboxylic acids is 4. The van der Waals surface area contributed by atoms with Crippen molar-refractivity contribution in [3.8, 4) is 28.3 Å². The molecule has 8 aromatic rings. The number of nitrogen functional groups attached to an aromatic ring is 2. The number of nitrogens with zero attached hydrogens (tertiary/aromatic N) is 13. The predicted octanol–water partition coefficient (Wildman–Crippen LogP) is 9.16. The number of alkyl halides is 3. The summed E-state index contributed by atoms with van der Waals surface area (Å²) >= 11 is 0. The highest BCUT2D eigenvalue weighted by Crippen LogP contribution is 2.42. The van der Waals surface area contributed by atoms with Crippen LogP contribution in [0.5, 0.6) is 0 Å². The molecule has 2 saturated heterocycles. The Balaban J connectivity index is 0.650. The summed E-state index contributed by atoms with van der Waals surface area (Å²) in [5.41, 5.74) is 19.6. The van der Waals surface area contributed by atoms with Crippen molar-refractivity contribution in [3.05, 3.63) is 161 Å². The molecule has 4 amide bonds. The van der Waals surface area contributed by atoms with Crippen molar-refractivity contribution in [2.24, 2.45) is 0 Å². The van der Waals surface area contributed by atoms with E-state index in [1.54, 1.807) is 66.9 Å². The molecule has 2 aliphatic heterocycles. The van der Waals surface area contributed by atoms with Crippen LogP contribution in [0, 0.1) is 19.9 Å². The van der Waals surface area contributed by atoms with E-state index < -0.39 is 17.6 Å². The Kier molecular flexibility index (Phi) is 16.3. The number of anilines is 4. The molecule has 0 radical (unpaired) electrons. The fourth-order valence-electron chi connectivity index (χ4n) is 12.1. The molecule has 2 aliphatic carbocycles. The molecule has 6 aromatic heterocycles. The maximum absolute atomic E-state index is 13.7. The molecule has 21 nitrogen and oxygen atoms in total. The van der Waals surface area contributed by atoms with E-state index in [9.17, 15) is 32.3 Å². The van der Waals surface area contributed by atoms with Gasteiger partial charge in [0.25, 0.3) is 11.8 Å². The zero-order chi connectivity index (χ0) is 61.4. The van der Waals surface area contributed by atoms with Crippen LogP contribution in [0.3, 0.4) is 0 Å². The number of fused-ring (bicyclic) bond motifs is 2. The number of likely N-dealkylation sites (tertiary alicyclic amines) is 2. The molecule has 450 valence electrons. The summed E-state index contributed by atoms with van der Waals surface area (Å²) in [6.07, 6.45) is 13.9. The zero-order valence-electron chi connectivity index (χ0n) is 48.8. The number of pyridine rings is 2. The molecule has 24 heteroatoms. The highest BCUT2D eigenvalue weighted by molar-refractivity contribution is 6.07. The minimum Gasteiger partial charge on any atom is -0.383 e. The highest BCUT2D eigenvalue weighted by atomic mass is 19.4. The van der Waals surface area contributed by atoms with E-state index in [0.717, 1.165) is 83.2 Å². The lowest BCUT2D eigenvalue weighted by Gasteiger charge is -2.18. The third kappa shape index (κ3) is 12.4. The third-order valence-corrected chi connectivity index (χ3v) is 16.9. The Bertz CT molecular complexity index is 4140. The first-order chi connectivity index (χ1) is 42.5. The summed E-state index contributed by atoms with van der Waals surface area (Å²) in [5, 5.41) is 6.70. The number of likely N-dealkylation sites (N-methyl/N-ethyl adjacent to an activating group) is 1. The first-order valence-corrected chi connectivity index (χ1v) is 29.3. The third-order valence-electron chi connectivity index (χ3n) is 16.9. The molecule has 6 N–H and O–H groups in total. The van der Waals surface area contributed by atoms with Crippen LogP contribution in [0.15, 0.2) is 122 Å². The van der Waals surface area contributed by atoms with Crippen molar-refractivity contribution < 1.29 is 32.3 Å². The van der Waals surface area contributed by atoms with Gasteiger partial charge in [-0.1, -0.05) is 41.3 Å². The molecule has 2 saturated carbocycles. The van der Waals surface area contributed by atoms with E-state index in [1.165, 1.54) is 25.5 Å². The topological polar surface area (TPSA) is 249 Å². The number of benzene rings is 2. The fourth-order valence-corrected chi connectivity index (χ4v) is 12.1.